The van der Waals surface area contributed by atoms with Crippen molar-refractivity contribution >= 4 is 5.82 Å². The van der Waals surface area contributed by atoms with Crippen LogP contribution in [-0.4, -0.2) is 16.1 Å². The Labute approximate surface area is 107 Å². The molecule has 0 fully saturated rings. The number of hydrogen-bond donors (Lipinski definition) is 1. The zero-order valence-corrected chi connectivity index (χ0v) is 10.8. The number of rotatable bonds is 3. The average Bonchev–Trinajstić information content (AvgIpc) is 2.28. The second-order valence-electron chi connectivity index (χ2n) is 4.46. The Morgan fingerprint density at radius 3 is 2.72 bits per heavy atom. The minimum absolute atomic E-state index is 0.120. The number of ether oxygens (including phenoxy) is 1. The van der Waals surface area contributed by atoms with Crippen LogP contribution >= 0.6 is 0 Å². The van der Waals surface area contributed by atoms with Gasteiger partial charge in [0.2, 0.25) is 0 Å². The van der Waals surface area contributed by atoms with Gasteiger partial charge in [-0.25, -0.2) is 4.98 Å². The third-order valence-electron chi connectivity index (χ3n) is 2.56. The summed E-state index contributed by atoms with van der Waals surface area (Å²) in [7, 11) is 0. The van der Waals surface area contributed by atoms with Gasteiger partial charge in [-0.15, -0.1) is 0 Å². The zero-order chi connectivity index (χ0) is 13.1. The van der Waals surface area contributed by atoms with Crippen LogP contribution in [0.2, 0.25) is 0 Å². The molecule has 2 aromatic heterocycles. The van der Waals surface area contributed by atoms with E-state index >= 15 is 0 Å². The molecular formula is C14H17N3O. The molecule has 4 nitrogen and oxygen atoms in total. The van der Waals surface area contributed by atoms with Gasteiger partial charge in [-0.05, 0) is 38.5 Å². The molecule has 18 heavy (non-hydrogen) atoms. The topological polar surface area (TPSA) is 61.0 Å². The molecule has 2 heterocycles. The lowest BCUT2D eigenvalue weighted by Crippen LogP contribution is -2.06. The van der Waals surface area contributed by atoms with Gasteiger partial charge in [0.1, 0.15) is 11.6 Å². The summed E-state index contributed by atoms with van der Waals surface area (Å²) in [5, 5.41) is 0. The predicted octanol–water partition coefficient (Wildman–Crippen LogP) is 2.82. The molecule has 94 valence electrons. The molecule has 0 aliphatic rings. The highest BCUT2D eigenvalue weighted by Gasteiger charge is 2.09. The quantitative estimate of drug-likeness (QED) is 0.900. The van der Waals surface area contributed by atoms with Crippen LogP contribution < -0.4 is 10.5 Å². The SMILES string of the molecule is Cc1ccnc(N)c1-c1cncc(OC(C)C)c1. The Hall–Kier alpha value is -2.10. The van der Waals surface area contributed by atoms with Gasteiger partial charge >= 0.3 is 0 Å². The fourth-order valence-electron chi connectivity index (χ4n) is 1.85. The Bertz CT molecular complexity index is 532. The standard InChI is InChI=1S/C14H17N3O/c1-9(2)18-12-6-11(7-16-8-12)13-10(3)4-5-17-14(13)15/h4-9H,1-3H3,(H2,15,17). The lowest BCUT2D eigenvalue weighted by atomic mass is 10.0. The molecule has 0 amide bonds. The van der Waals surface area contributed by atoms with Gasteiger partial charge in [-0.3, -0.25) is 4.98 Å². The summed E-state index contributed by atoms with van der Waals surface area (Å²) >= 11 is 0. The monoisotopic (exact) mass is 243 g/mol. The van der Waals surface area contributed by atoms with E-state index in [1.807, 2.05) is 32.9 Å². The van der Waals surface area contributed by atoms with E-state index in [0.717, 1.165) is 22.4 Å². The fraction of sp³-hybridized carbons (Fsp3) is 0.286. The van der Waals surface area contributed by atoms with Crippen molar-refractivity contribution in [2.24, 2.45) is 0 Å². The zero-order valence-electron chi connectivity index (χ0n) is 10.8. The van der Waals surface area contributed by atoms with E-state index in [9.17, 15) is 0 Å². The summed E-state index contributed by atoms with van der Waals surface area (Å²) < 4.78 is 5.63. The summed E-state index contributed by atoms with van der Waals surface area (Å²) in [6.45, 7) is 5.97. The van der Waals surface area contributed by atoms with Gasteiger partial charge in [0, 0.05) is 23.5 Å². The van der Waals surface area contributed by atoms with E-state index in [2.05, 4.69) is 9.97 Å². The number of nitrogens with zero attached hydrogens (tertiary/aromatic N) is 2. The average molecular weight is 243 g/mol. The molecule has 0 spiro atoms. The van der Waals surface area contributed by atoms with Crippen LogP contribution in [0, 0.1) is 6.92 Å². The van der Waals surface area contributed by atoms with Gasteiger partial charge in [0.25, 0.3) is 0 Å². The summed E-state index contributed by atoms with van der Waals surface area (Å²) in [6.07, 6.45) is 5.30. The molecule has 0 saturated heterocycles. The summed E-state index contributed by atoms with van der Waals surface area (Å²) in [6, 6.07) is 3.87. The first-order chi connectivity index (χ1) is 8.58. The van der Waals surface area contributed by atoms with E-state index in [0.29, 0.717) is 5.82 Å². The smallest absolute Gasteiger partial charge is 0.138 e. The minimum Gasteiger partial charge on any atom is -0.489 e. The number of aryl methyl sites for hydroxylation is 1. The van der Waals surface area contributed by atoms with Crippen LogP contribution in [0.5, 0.6) is 5.75 Å². The summed E-state index contributed by atoms with van der Waals surface area (Å²) in [5.41, 5.74) is 8.84. The maximum Gasteiger partial charge on any atom is 0.138 e. The molecule has 0 radical (unpaired) electrons. The number of pyridine rings is 2. The van der Waals surface area contributed by atoms with E-state index < -0.39 is 0 Å². The number of nitrogens with two attached hydrogens (primary N) is 1. The molecule has 2 N–H and O–H groups in total. The fourth-order valence-corrected chi connectivity index (χ4v) is 1.85. The molecule has 0 aliphatic heterocycles. The Kier molecular flexibility index (Phi) is 3.46. The van der Waals surface area contributed by atoms with Crippen LogP contribution in [0.15, 0.2) is 30.7 Å². The largest absolute Gasteiger partial charge is 0.489 e. The minimum atomic E-state index is 0.120. The van der Waals surface area contributed by atoms with Gasteiger partial charge < -0.3 is 10.5 Å². The first kappa shape index (κ1) is 12.4. The van der Waals surface area contributed by atoms with E-state index in [4.69, 9.17) is 10.5 Å². The van der Waals surface area contributed by atoms with Crippen molar-refractivity contribution in [3.63, 3.8) is 0 Å². The van der Waals surface area contributed by atoms with Crippen LogP contribution in [0.1, 0.15) is 19.4 Å². The van der Waals surface area contributed by atoms with Crippen molar-refractivity contribution in [3.8, 4) is 16.9 Å². The third kappa shape index (κ3) is 2.59. The summed E-state index contributed by atoms with van der Waals surface area (Å²) in [5.74, 6) is 1.25. The number of anilines is 1. The van der Waals surface area contributed by atoms with Gasteiger partial charge in [0.05, 0.1) is 12.3 Å². The van der Waals surface area contributed by atoms with Crippen molar-refractivity contribution in [2.45, 2.75) is 26.9 Å². The van der Waals surface area contributed by atoms with E-state index in [-0.39, 0.29) is 6.10 Å². The van der Waals surface area contributed by atoms with E-state index in [1.165, 1.54) is 0 Å². The highest BCUT2D eigenvalue weighted by molar-refractivity contribution is 5.76. The molecule has 2 aromatic rings. The number of nitrogen functional groups attached to an aromatic ring is 1. The van der Waals surface area contributed by atoms with Crippen LogP contribution in [0.4, 0.5) is 5.82 Å². The van der Waals surface area contributed by atoms with Crippen LogP contribution in [0.3, 0.4) is 0 Å². The molecule has 0 bridgehead atoms. The van der Waals surface area contributed by atoms with Gasteiger partial charge in [-0.2, -0.15) is 0 Å². The third-order valence-corrected chi connectivity index (χ3v) is 2.56. The van der Waals surface area contributed by atoms with Gasteiger partial charge in [-0.1, -0.05) is 0 Å². The number of aromatic nitrogens is 2. The van der Waals surface area contributed by atoms with Crippen LogP contribution in [0.25, 0.3) is 11.1 Å². The molecule has 0 saturated carbocycles. The van der Waals surface area contributed by atoms with Crippen molar-refractivity contribution in [2.75, 3.05) is 5.73 Å². The van der Waals surface area contributed by atoms with Crippen molar-refractivity contribution in [1.82, 2.24) is 9.97 Å². The van der Waals surface area contributed by atoms with E-state index in [1.54, 1.807) is 18.6 Å². The lowest BCUT2D eigenvalue weighted by Gasteiger charge is -2.12. The maximum absolute atomic E-state index is 5.93. The maximum atomic E-state index is 5.93. The molecule has 0 unspecified atom stereocenters. The Morgan fingerprint density at radius 2 is 2.06 bits per heavy atom. The second kappa shape index (κ2) is 5.04. The van der Waals surface area contributed by atoms with Crippen LogP contribution in [-0.2, 0) is 0 Å². The normalized spacial score (nSPS) is 10.7. The first-order valence-electron chi connectivity index (χ1n) is 5.91. The first-order valence-corrected chi connectivity index (χ1v) is 5.91. The van der Waals surface area contributed by atoms with Crippen molar-refractivity contribution in [1.29, 1.82) is 0 Å². The second-order valence-corrected chi connectivity index (χ2v) is 4.46. The summed E-state index contributed by atoms with van der Waals surface area (Å²) in [4.78, 5) is 8.30. The highest BCUT2D eigenvalue weighted by Crippen LogP contribution is 2.29. The Morgan fingerprint density at radius 1 is 1.28 bits per heavy atom. The predicted molar refractivity (Wildman–Crippen MR) is 72.4 cm³/mol. The molecule has 0 aromatic carbocycles. The molecular weight excluding hydrogens is 226 g/mol. The molecule has 0 atom stereocenters. The van der Waals surface area contributed by atoms with Crippen molar-refractivity contribution < 1.29 is 4.74 Å². The molecule has 2 rings (SSSR count). The van der Waals surface area contributed by atoms with Crippen molar-refractivity contribution in [3.05, 3.63) is 36.3 Å². The molecule has 0 aliphatic carbocycles. The van der Waals surface area contributed by atoms with Gasteiger partial charge in [0.15, 0.2) is 0 Å². The highest BCUT2D eigenvalue weighted by atomic mass is 16.5. The Balaban J connectivity index is 2.45. The molecule has 4 heteroatoms. The number of hydrogen-bond acceptors (Lipinski definition) is 4. The lowest BCUT2D eigenvalue weighted by molar-refractivity contribution is 0.241.